The average molecular weight is 266 g/mol. The lowest BCUT2D eigenvalue weighted by molar-refractivity contribution is -0.281. The van der Waals surface area contributed by atoms with Gasteiger partial charge in [0.2, 0.25) is 0 Å². The summed E-state index contributed by atoms with van der Waals surface area (Å²) in [5, 5.41) is 3.77. The molecule has 1 spiro atoms. The number of rotatable bonds is 1. The number of hydrogen-bond donors (Lipinski definition) is 0. The van der Waals surface area contributed by atoms with Crippen LogP contribution in [0.25, 0.3) is 0 Å². The number of aryl methyl sites for hydroxylation is 1. The molecule has 0 aromatic carbocycles. The summed E-state index contributed by atoms with van der Waals surface area (Å²) in [5.74, 6) is 0.104. The fourth-order valence-corrected chi connectivity index (χ4v) is 2.59. The molecule has 0 radical (unpaired) electrons. The van der Waals surface area contributed by atoms with Crippen LogP contribution < -0.4 is 0 Å². The maximum Gasteiger partial charge on any atom is 0.276 e. The van der Waals surface area contributed by atoms with Gasteiger partial charge in [0, 0.05) is 32.0 Å². The molecule has 0 unspecified atom stereocenters. The van der Waals surface area contributed by atoms with Crippen molar-refractivity contribution in [3.05, 3.63) is 17.5 Å². The Bertz CT molecular complexity index is 455. The Morgan fingerprint density at radius 1 is 1.32 bits per heavy atom. The Hall–Kier alpha value is -1.40. The molecule has 1 amide bonds. The van der Waals surface area contributed by atoms with Gasteiger partial charge in [0.1, 0.15) is 5.76 Å². The van der Waals surface area contributed by atoms with Crippen molar-refractivity contribution >= 4 is 5.91 Å². The van der Waals surface area contributed by atoms with Gasteiger partial charge in [-0.3, -0.25) is 4.79 Å². The van der Waals surface area contributed by atoms with Crippen molar-refractivity contribution in [3.8, 4) is 0 Å². The molecule has 1 aromatic rings. The summed E-state index contributed by atoms with van der Waals surface area (Å²) in [6.07, 6.45) is 2.38. The van der Waals surface area contributed by atoms with E-state index in [1.165, 1.54) is 0 Å². The van der Waals surface area contributed by atoms with Gasteiger partial charge < -0.3 is 18.9 Å². The van der Waals surface area contributed by atoms with E-state index < -0.39 is 5.79 Å². The SMILES string of the molecule is Cc1cc(C(=O)N2CCC3(CC2)OCCCO3)no1. The minimum atomic E-state index is -0.464. The van der Waals surface area contributed by atoms with E-state index in [1.54, 1.807) is 17.9 Å². The lowest BCUT2D eigenvalue weighted by atomic mass is 10.0. The summed E-state index contributed by atoms with van der Waals surface area (Å²) in [6, 6.07) is 1.67. The van der Waals surface area contributed by atoms with E-state index in [2.05, 4.69) is 5.16 Å². The molecule has 104 valence electrons. The molecular formula is C13H18N2O4. The van der Waals surface area contributed by atoms with Gasteiger partial charge in [-0.15, -0.1) is 0 Å². The highest BCUT2D eigenvalue weighted by Gasteiger charge is 2.39. The third-order valence-corrected chi connectivity index (χ3v) is 3.68. The summed E-state index contributed by atoms with van der Waals surface area (Å²) in [6.45, 7) is 4.53. The predicted molar refractivity (Wildman–Crippen MR) is 65.6 cm³/mol. The van der Waals surface area contributed by atoms with Crippen LogP contribution in [0, 0.1) is 6.92 Å². The second kappa shape index (κ2) is 4.94. The van der Waals surface area contributed by atoms with Gasteiger partial charge >= 0.3 is 0 Å². The molecule has 0 atom stereocenters. The molecule has 2 fully saturated rings. The van der Waals surface area contributed by atoms with Crippen LogP contribution in [0.4, 0.5) is 0 Å². The van der Waals surface area contributed by atoms with Gasteiger partial charge in [0.25, 0.3) is 5.91 Å². The molecule has 2 aliphatic rings. The maximum atomic E-state index is 12.2. The fourth-order valence-electron chi connectivity index (χ4n) is 2.59. The number of piperidine rings is 1. The molecule has 1 aromatic heterocycles. The smallest absolute Gasteiger partial charge is 0.276 e. The van der Waals surface area contributed by atoms with E-state index in [-0.39, 0.29) is 5.91 Å². The molecule has 0 aliphatic carbocycles. The summed E-state index contributed by atoms with van der Waals surface area (Å²) >= 11 is 0. The van der Waals surface area contributed by atoms with Gasteiger partial charge in [-0.1, -0.05) is 5.16 Å². The minimum absolute atomic E-state index is 0.0810. The maximum absolute atomic E-state index is 12.2. The van der Waals surface area contributed by atoms with Crippen LogP contribution in [-0.4, -0.2) is 48.1 Å². The number of carbonyl (C=O) groups is 1. The lowest BCUT2D eigenvalue weighted by Gasteiger charge is -2.43. The van der Waals surface area contributed by atoms with Crippen molar-refractivity contribution in [1.82, 2.24) is 10.1 Å². The molecule has 3 rings (SSSR count). The van der Waals surface area contributed by atoms with Crippen LogP contribution >= 0.6 is 0 Å². The fraction of sp³-hybridized carbons (Fsp3) is 0.692. The number of ether oxygens (including phenoxy) is 2. The molecule has 0 N–H and O–H groups in total. The summed E-state index contributed by atoms with van der Waals surface area (Å²) < 4.78 is 16.4. The number of aromatic nitrogens is 1. The van der Waals surface area contributed by atoms with Crippen LogP contribution in [0.15, 0.2) is 10.6 Å². The number of carbonyl (C=O) groups excluding carboxylic acids is 1. The van der Waals surface area contributed by atoms with Gasteiger partial charge in [0.15, 0.2) is 11.5 Å². The first-order valence-corrected chi connectivity index (χ1v) is 6.69. The highest BCUT2D eigenvalue weighted by Crippen LogP contribution is 2.31. The number of likely N-dealkylation sites (tertiary alicyclic amines) is 1. The Balaban J connectivity index is 1.62. The van der Waals surface area contributed by atoms with Crippen LogP contribution in [-0.2, 0) is 9.47 Å². The van der Waals surface area contributed by atoms with Gasteiger partial charge in [-0.25, -0.2) is 0 Å². The normalized spacial score (nSPS) is 22.7. The molecule has 2 aliphatic heterocycles. The van der Waals surface area contributed by atoms with E-state index in [9.17, 15) is 4.79 Å². The number of hydrogen-bond acceptors (Lipinski definition) is 5. The first-order valence-electron chi connectivity index (χ1n) is 6.69. The van der Waals surface area contributed by atoms with Crippen molar-refractivity contribution in [2.45, 2.75) is 32.0 Å². The van der Waals surface area contributed by atoms with E-state index in [0.29, 0.717) is 24.5 Å². The average Bonchev–Trinajstić information content (AvgIpc) is 2.87. The Labute approximate surface area is 111 Å². The molecular weight excluding hydrogens is 248 g/mol. The monoisotopic (exact) mass is 266 g/mol. The molecule has 0 saturated carbocycles. The Kier molecular flexibility index (Phi) is 3.28. The van der Waals surface area contributed by atoms with Crippen LogP contribution in [0.2, 0.25) is 0 Å². The van der Waals surface area contributed by atoms with Crippen molar-refractivity contribution in [2.24, 2.45) is 0 Å². The summed E-state index contributed by atoms with van der Waals surface area (Å²) in [4.78, 5) is 14.0. The quantitative estimate of drug-likeness (QED) is 0.767. The summed E-state index contributed by atoms with van der Waals surface area (Å²) in [5.41, 5.74) is 0.374. The van der Waals surface area contributed by atoms with E-state index in [4.69, 9.17) is 14.0 Å². The van der Waals surface area contributed by atoms with Crippen LogP contribution in [0.1, 0.15) is 35.5 Å². The second-order valence-electron chi connectivity index (χ2n) is 5.08. The first-order chi connectivity index (χ1) is 9.19. The highest BCUT2D eigenvalue weighted by atomic mass is 16.7. The van der Waals surface area contributed by atoms with Gasteiger partial charge in [0.05, 0.1) is 13.2 Å². The van der Waals surface area contributed by atoms with E-state index >= 15 is 0 Å². The van der Waals surface area contributed by atoms with E-state index in [0.717, 1.165) is 32.5 Å². The lowest BCUT2D eigenvalue weighted by Crippen LogP contribution is -2.51. The molecule has 19 heavy (non-hydrogen) atoms. The molecule has 3 heterocycles. The zero-order chi connectivity index (χ0) is 13.3. The third kappa shape index (κ3) is 2.50. The molecule has 6 nitrogen and oxygen atoms in total. The zero-order valence-electron chi connectivity index (χ0n) is 11.1. The highest BCUT2D eigenvalue weighted by molar-refractivity contribution is 5.92. The second-order valence-corrected chi connectivity index (χ2v) is 5.08. The summed E-state index contributed by atoms with van der Waals surface area (Å²) in [7, 11) is 0. The van der Waals surface area contributed by atoms with Crippen molar-refractivity contribution in [1.29, 1.82) is 0 Å². The molecule has 2 saturated heterocycles. The third-order valence-electron chi connectivity index (χ3n) is 3.68. The van der Waals surface area contributed by atoms with Crippen LogP contribution in [0.3, 0.4) is 0 Å². The predicted octanol–water partition coefficient (Wildman–Crippen LogP) is 1.35. The van der Waals surface area contributed by atoms with Crippen molar-refractivity contribution in [2.75, 3.05) is 26.3 Å². The Morgan fingerprint density at radius 2 is 2.00 bits per heavy atom. The van der Waals surface area contributed by atoms with Gasteiger partial charge in [-0.05, 0) is 13.3 Å². The van der Waals surface area contributed by atoms with Crippen molar-refractivity contribution < 1.29 is 18.8 Å². The van der Waals surface area contributed by atoms with E-state index in [1.807, 2.05) is 0 Å². The van der Waals surface area contributed by atoms with Gasteiger partial charge in [-0.2, -0.15) is 0 Å². The number of nitrogens with zero attached hydrogens (tertiary/aromatic N) is 2. The topological polar surface area (TPSA) is 64.8 Å². The van der Waals surface area contributed by atoms with Crippen LogP contribution in [0.5, 0.6) is 0 Å². The molecule has 6 heteroatoms. The largest absolute Gasteiger partial charge is 0.361 e. The standard InChI is InChI=1S/C13H18N2O4/c1-10-9-11(14-19-10)12(16)15-5-3-13(4-6-15)17-7-2-8-18-13/h9H,2-8H2,1H3. The zero-order valence-corrected chi connectivity index (χ0v) is 11.1. The Morgan fingerprint density at radius 3 is 2.58 bits per heavy atom. The van der Waals surface area contributed by atoms with Crippen molar-refractivity contribution in [3.63, 3.8) is 0 Å². The minimum Gasteiger partial charge on any atom is -0.361 e. The molecule has 0 bridgehead atoms. The number of amides is 1. The first kappa shape index (κ1) is 12.6.